The predicted molar refractivity (Wildman–Crippen MR) is 131 cm³/mol. The molecule has 0 saturated heterocycles. The molecule has 0 radical (unpaired) electrons. The van der Waals surface area contributed by atoms with Gasteiger partial charge in [0.2, 0.25) is 15.9 Å². The first kappa shape index (κ1) is 25.7. The second kappa shape index (κ2) is 9.94. The highest BCUT2D eigenvalue weighted by Gasteiger charge is 2.31. The molecule has 0 bridgehead atoms. The van der Waals surface area contributed by atoms with Gasteiger partial charge in [-0.15, -0.1) is 0 Å². The zero-order valence-electron chi connectivity index (χ0n) is 20.6. The molecule has 7 heteroatoms. The van der Waals surface area contributed by atoms with Crippen molar-refractivity contribution in [3.05, 3.63) is 58.1 Å². The van der Waals surface area contributed by atoms with Gasteiger partial charge in [-0.3, -0.25) is 9.10 Å². The van der Waals surface area contributed by atoms with Gasteiger partial charge in [-0.05, 0) is 86.6 Å². The lowest BCUT2D eigenvalue weighted by Crippen LogP contribution is -2.48. The van der Waals surface area contributed by atoms with E-state index in [2.05, 4.69) is 25.2 Å². The molecular weight excluding hydrogens is 424 g/mol. The Morgan fingerprint density at radius 3 is 2.12 bits per heavy atom. The van der Waals surface area contributed by atoms with Crippen LogP contribution in [0.15, 0.2) is 30.3 Å². The summed E-state index contributed by atoms with van der Waals surface area (Å²) in [5.41, 5.74) is 5.28. The summed E-state index contributed by atoms with van der Waals surface area (Å²) in [5, 5.41) is 3.01. The van der Waals surface area contributed by atoms with Crippen LogP contribution in [0.5, 0.6) is 5.75 Å². The Morgan fingerprint density at radius 1 is 0.969 bits per heavy atom. The SMILES string of the molecule is COc1cc(C)c(C(C)NC(=O)C(C)N(c2cc(C)ccc2C)S(C)(=O)=O)cc1C(C)C. The lowest BCUT2D eigenvalue weighted by atomic mass is 9.93. The number of carbonyl (C=O) groups excluding carboxylic acids is 1. The quantitative estimate of drug-likeness (QED) is 0.615. The number of hydrogen-bond donors (Lipinski definition) is 1. The van der Waals surface area contributed by atoms with E-state index in [-0.39, 0.29) is 17.9 Å². The molecule has 0 aliphatic rings. The Bertz CT molecular complexity index is 1090. The van der Waals surface area contributed by atoms with Crippen molar-refractivity contribution in [2.24, 2.45) is 0 Å². The number of hydrogen-bond acceptors (Lipinski definition) is 4. The number of methoxy groups -OCH3 is 1. The Morgan fingerprint density at radius 2 is 1.59 bits per heavy atom. The summed E-state index contributed by atoms with van der Waals surface area (Å²) in [6, 6.07) is 8.43. The summed E-state index contributed by atoms with van der Waals surface area (Å²) >= 11 is 0. The Kier molecular flexibility index (Phi) is 7.99. The van der Waals surface area contributed by atoms with Gasteiger partial charge in [0, 0.05) is 0 Å². The van der Waals surface area contributed by atoms with E-state index >= 15 is 0 Å². The Hall–Kier alpha value is -2.54. The van der Waals surface area contributed by atoms with Crippen molar-refractivity contribution in [3.63, 3.8) is 0 Å². The summed E-state index contributed by atoms with van der Waals surface area (Å²) in [6.07, 6.45) is 1.13. The molecule has 0 spiro atoms. The lowest BCUT2D eigenvalue weighted by Gasteiger charge is -2.31. The number of nitrogens with one attached hydrogen (secondary N) is 1. The molecule has 0 aromatic heterocycles. The lowest BCUT2D eigenvalue weighted by molar-refractivity contribution is -0.122. The maximum Gasteiger partial charge on any atom is 0.244 e. The summed E-state index contributed by atoms with van der Waals surface area (Å²) in [7, 11) is -2.03. The Balaban J connectivity index is 2.38. The third-order valence-corrected chi connectivity index (χ3v) is 6.98. The summed E-state index contributed by atoms with van der Waals surface area (Å²) in [6.45, 7) is 13.4. The van der Waals surface area contributed by atoms with Gasteiger partial charge in [-0.25, -0.2) is 8.42 Å². The second-order valence-corrected chi connectivity index (χ2v) is 10.7. The van der Waals surface area contributed by atoms with E-state index in [4.69, 9.17) is 4.74 Å². The summed E-state index contributed by atoms with van der Waals surface area (Å²) < 4.78 is 32.1. The fourth-order valence-corrected chi connectivity index (χ4v) is 5.18. The molecule has 0 fully saturated rings. The van der Waals surface area contributed by atoms with Crippen molar-refractivity contribution in [2.75, 3.05) is 17.7 Å². The minimum atomic E-state index is -3.68. The number of carbonyl (C=O) groups is 1. The van der Waals surface area contributed by atoms with Crippen LogP contribution in [0.3, 0.4) is 0 Å². The van der Waals surface area contributed by atoms with Gasteiger partial charge < -0.3 is 10.1 Å². The molecule has 0 saturated carbocycles. The molecule has 2 rings (SSSR count). The van der Waals surface area contributed by atoms with Crippen molar-refractivity contribution in [3.8, 4) is 5.75 Å². The number of ether oxygens (including phenoxy) is 1. The zero-order valence-corrected chi connectivity index (χ0v) is 21.4. The van der Waals surface area contributed by atoms with E-state index in [1.54, 1.807) is 20.1 Å². The first-order valence-electron chi connectivity index (χ1n) is 10.8. The molecule has 2 atom stereocenters. The highest BCUT2D eigenvalue weighted by molar-refractivity contribution is 7.92. The normalized spacial score (nSPS) is 13.6. The third kappa shape index (κ3) is 5.63. The third-order valence-electron chi connectivity index (χ3n) is 5.76. The second-order valence-electron chi connectivity index (χ2n) is 8.86. The molecule has 6 nitrogen and oxygen atoms in total. The maximum atomic E-state index is 13.2. The molecule has 176 valence electrons. The molecule has 2 aromatic carbocycles. The largest absolute Gasteiger partial charge is 0.496 e. The fourth-order valence-electron chi connectivity index (χ4n) is 3.96. The molecule has 32 heavy (non-hydrogen) atoms. The average molecular weight is 461 g/mol. The van der Waals surface area contributed by atoms with Crippen LogP contribution in [0.1, 0.15) is 67.5 Å². The standard InChI is InChI=1S/C25H36N2O4S/c1-15(2)21-14-22(18(5)13-24(21)31-8)19(6)26-25(28)20(7)27(32(9,29)30)23-12-16(3)10-11-17(23)4/h10-15,19-20H,1-9H3,(H,26,28). The molecule has 2 unspecified atom stereocenters. The zero-order chi connectivity index (χ0) is 24.4. The van der Waals surface area contributed by atoms with Gasteiger partial charge in [0.15, 0.2) is 0 Å². The molecule has 0 aliphatic carbocycles. The highest BCUT2D eigenvalue weighted by Crippen LogP contribution is 2.32. The topological polar surface area (TPSA) is 75.7 Å². The van der Waals surface area contributed by atoms with Crippen molar-refractivity contribution in [2.45, 2.75) is 66.5 Å². The van der Waals surface area contributed by atoms with E-state index in [1.165, 1.54) is 4.31 Å². The number of rotatable bonds is 8. The summed E-state index contributed by atoms with van der Waals surface area (Å²) in [5.74, 6) is 0.729. The minimum Gasteiger partial charge on any atom is -0.496 e. The minimum absolute atomic E-state index is 0.260. The monoisotopic (exact) mass is 460 g/mol. The molecule has 0 heterocycles. The number of nitrogens with zero attached hydrogens (tertiary/aromatic N) is 1. The van der Waals surface area contributed by atoms with Crippen LogP contribution >= 0.6 is 0 Å². The van der Waals surface area contributed by atoms with E-state index in [9.17, 15) is 13.2 Å². The van der Waals surface area contributed by atoms with Crippen molar-refractivity contribution >= 4 is 21.6 Å². The van der Waals surface area contributed by atoms with Crippen LogP contribution in [0.25, 0.3) is 0 Å². The van der Waals surface area contributed by atoms with Gasteiger partial charge in [0.25, 0.3) is 0 Å². The van der Waals surface area contributed by atoms with Crippen molar-refractivity contribution in [1.29, 1.82) is 0 Å². The predicted octanol–water partition coefficient (Wildman–Crippen LogP) is 4.78. The fraction of sp³-hybridized carbons (Fsp3) is 0.480. The van der Waals surface area contributed by atoms with Gasteiger partial charge in [-0.1, -0.05) is 26.0 Å². The number of sulfonamides is 1. The van der Waals surface area contributed by atoms with Crippen LogP contribution < -0.4 is 14.4 Å². The molecule has 0 aliphatic heterocycles. The average Bonchev–Trinajstić information content (AvgIpc) is 2.68. The highest BCUT2D eigenvalue weighted by atomic mass is 32.2. The van der Waals surface area contributed by atoms with E-state index in [1.807, 2.05) is 45.9 Å². The van der Waals surface area contributed by atoms with Crippen LogP contribution in [-0.4, -0.2) is 33.7 Å². The van der Waals surface area contributed by atoms with Crippen molar-refractivity contribution < 1.29 is 17.9 Å². The Labute approximate surface area is 193 Å². The smallest absolute Gasteiger partial charge is 0.244 e. The van der Waals surface area contributed by atoms with Crippen LogP contribution in [0, 0.1) is 20.8 Å². The van der Waals surface area contributed by atoms with Crippen LogP contribution in [0.2, 0.25) is 0 Å². The van der Waals surface area contributed by atoms with Gasteiger partial charge in [0.1, 0.15) is 11.8 Å². The van der Waals surface area contributed by atoms with Gasteiger partial charge in [0.05, 0.1) is 25.1 Å². The van der Waals surface area contributed by atoms with Crippen molar-refractivity contribution in [1.82, 2.24) is 5.32 Å². The molecular formula is C25H36N2O4S. The van der Waals surface area contributed by atoms with Crippen LogP contribution in [-0.2, 0) is 14.8 Å². The first-order chi connectivity index (χ1) is 14.8. The maximum absolute atomic E-state index is 13.2. The molecule has 1 amide bonds. The van der Waals surface area contributed by atoms with E-state index in [0.717, 1.165) is 39.8 Å². The number of amides is 1. The van der Waals surface area contributed by atoms with E-state index < -0.39 is 16.1 Å². The van der Waals surface area contributed by atoms with Gasteiger partial charge >= 0.3 is 0 Å². The number of aryl methyl sites for hydroxylation is 3. The van der Waals surface area contributed by atoms with Gasteiger partial charge in [-0.2, -0.15) is 0 Å². The molecule has 2 aromatic rings. The van der Waals surface area contributed by atoms with E-state index in [0.29, 0.717) is 5.69 Å². The number of anilines is 1. The molecule has 1 N–H and O–H groups in total. The number of benzene rings is 2. The first-order valence-corrected chi connectivity index (χ1v) is 12.7. The van der Waals surface area contributed by atoms with Crippen LogP contribution in [0.4, 0.5) is 5.69 Å². The summed E-state index contributed by atoms with van der Waals surface area (Å²) in [4.78, 5) is 13.2.